The van der Waals surface area contributed by atoms with E-state index in [0.717, 1.165) is 0 Å². The third-order valence-electron chi connectivity index (χ3n) is 1.51. The molecule has 0 aliphatic heterocycles. The van der Waals surface area contributed by atoms with Crippen LogP contribution in [0.5, 0.6) is 0 Å². The van der Waals surface area contributed by atoms with Crippen molar-refractivity contribution in [3.05, 3.63) is 30.1 Å². The Morgan fingerprint density at radius 2 is 1.94 bits per heavy atom. The van der Waals surface area contributed by atoms with E-state index in [1.807, 2.05) is 0 Å². The summed E-state index contributed by atoms with van der Waals surface area (Å²) < 4.78 is 4.60. The lowest BCUT2D eigenvalue weighted by atomic mass is 10.3. The molecule has 1 aromatic rings. The Bertz CT molecular complexity index is 404. The van der Waals surface area contributed by atoms with E-state index in [1.54, 1.807) is 5.32 Å². The zero-order chi connectivity index (χ0) is 12.0. The smallest absolute Gasteiger partial charge is 0.338 e. The number of rotatable bonds is 3. The van der Waals surface area contributed by atoms with Crippen molar-refractivity contribution in [2.45, 2.75) is 0 Å². The van der Waals surface area contributed by atoms with E-state index in [4.69, 9.17) is 5.73 Å². The Hall–Kier alpha value is -2.44. The highest BCUT2D eigenvalue weighted by Crippen LogP contribution is 1.98. The Morgan fingerprint density at radius 1 is 1.31 bits per heavy atom. The lowest BCUT2D eigenvalue weighted by molar-refractivity contribution is -0.123. The number of pyridine rings is 1. The molecule has 0 aliphatic rings. The number of carbonyl (C=O) groups is 3. The number of esters is 1. The van der Waals surface area contributed by atoms with E-state index in [-0.39, 0.29) is 5.56 Å². The van der Waals surface area contributed by atoms with E-state index >= 15 is 0 Å². The van der Waals surface area contributed by atoms with Crippen LogP contribution < -0.4 is 11.1 Å². The van der Waals surface area contributed by atoms with Crippen molar-refractivity contribution in [2.24, 2.45) is 5.73 Å². The maximum Gasteiger partial charge on any atom is 0.338 e. The van der Waals surface area contributed by atoms with Crippen LogP contribution in [-0.2, 0) is 9.53 Å². The number of imide groups is 1. The van der Waals surface area contributed by atoms with Gasteiger partial charge in [-0.2, -0.15) is 0 Å². The molecule has 0 aliphatic carbocycles. The van der Waals surface area contributed by atoms with Crippen molar-refractivity contribution in [2.75, 3.05) is 6.61 Å². The van der Waals surface area contributed by atoms with Gasteiger partial charge in [0, 0.05) is 12.4 Å². The van der Waals surface area contributed by atoms with Crippen LogP contribution in [0.4, 0.5) is 4.79 Å². The van der Waals surface area contributed by atoms with Crippen LogP contribution >= 0.6 is 0 Å². The summed E-state index contributed by atoms with van der Waals surface area (Å²) in [5.41, 5.74) is 4.96. The minimum atomic E-state index is -0.995. The lowest BCUT2D eigenvalue weighted by Gasteiger charge is -2.03. The van der Waals surface area contributed by atoms with Gasteiger partial charge in [0.2, 0.25) is 0 Å². The molecular formula is C9H9N3O4. The molecule has 0 radical (unpaired) electrons. The number of nitrogens with two attached hydrogens (primary N) is 1. The molecule has 0 unspecified atom stereocenters. The van der Waals surface area contributed by atoms with Gasteiger partial charge < -0.3 is 10.5 Å². The molecule has 0 aromatic carbocycles. The first-order valence-electron chi connectivity index (χ1n) is 4.26. The Kier molecular flexibility index (Phi) is 3.96. The molecule has 84 valence electrons. The van der Waals surface area contributed by atoms with Crippen molar-refractivity contribution in [3.63, 3.8) is 0 Å². The second-order valence-electron chi connectivity index (χ2n) is 2.72. The van der Waals surface area contributed by atoms with Crippen molar-refractivity contribution < 1.29 is 19.1 Å². The molecule has 0 bridgehead atoms. The Balaban J connectivity index is 2.42. The molecule has 1 rings (SSSR count). The maximum absolute atomic E-state index is 11.3. The number of urea groups is 1. The van der Waals surface area contributed by atoms with Gasteiger partial charge in [0.1, 0.15) is 0 Å². The van der Waals surface area contributed by atoms with Gasteiger partial charge in [0.15, 0.2) is 6.61 Å². The van der Waals surface area contributed by atoms with Crippen LogP contribution in [0.1, 0.15) is 10.4 Å². The summed E-state index contributed by atoms with van der Waals surface area (Å²) in [6, 6.07) is 1.88. The largest absolute Gasteiger partial charge is 0.452 e. The predicted molar refractivity (Wildman–Crippen MR) is 52.2 cm³/mol. The summed E-state index contributed by atoms with van der Waals surface area (Å²) >= 11 is 0. The molecule has 16 heavy (non-hydrogen) atoms. The summed E-state index contributed by atoms with van der Waals surface area (Å²) in [4.78, 5) is 36.2. The molecule has 1 heterocycles. The average molecular weight is 223 g/mol. The fourth-order valence-electron chi connectivity index (χ4n) is 0.876. The van der Waals surface area contributed by atoms with Crippen LogP contribution in [0.3, 0.4) is 0 Å². The fraction of sp³-hybridized carbons (Fsp3) is 0.111. The van der Waals surface area contributed by atoms with Gasteiger partial charge in [-0.1, -0.05) is 0 Å². The summed E-state index contributed by atoms with van der Waals surface area (Å²) in [7, 11) is 0. The van der Waals surface area contributed by atoms with Crippen LogP contribution in [0.15, 0.2) is 24.5 Å². The van der Waals surface area contributed by atoms with Gasteiger partial charge in [0.05, 0.1) is 5.56 Å². The molecular weight excluding hydrogens is 214 g/mol. The molecule has 3 N–H and O–H groups in total. The van der Waals surface area contributed by atoms with Crippen LogP contribution in [0, 0.1) is 0 Å². The number of hydrogen-bond acceptors (Lipinski definition) is 5. The minimum absolute atomic E-state index is 0.266. The van der Waals surface area contributed by atoms with Gasteiger partial charge in [-0.3, -0.25) is 15.1 Å². The fourth-order valence-corrected chi connectivity index (χ4v) is 0.876. The summed E-state index contributed by atoms with van der Waals surface area (Å²) in [6.07, 6.45) is 2.83. The van der Waals surface area contributed by atoms with E-state index in [9.17, 15) is 14.4 Å². The van der Waals surface area contributed by atoms with Crippen molar-refractivity contribution in [1.29, 1.82) is 0 Å². The first kappa shape index (κ1) is 11.6. The number of hydrogen-bond donors (Lipinski definition) is 2. The quantitative estimate of drug-likeness (QED) is 0.666. The zero-order valence-corrected chi connectivity index (χ0v) is 8.17. The van der Waals surface area contributed by atoms with E-state index in [2.05, 4.69) is 9.72 Å². The van der Waals surface area contributed by atoms with Crippen LogP contribution in [-0.4, -0.2) is 29.5 Å². The highest BCUT2D eigenvalue weighted by molar-refractivity contribution is 5.96. The summed E-state index contributed by atoms with van der Waals surface area (Å²) in [6.45, 7) is -0.565. The molecule has 0 spiro atoms. The molecule has 0 atom stereocenters. The average Bonchev–Trinajstić information content (AvgIpc) is 2.26. The molecule has 0 saturated carbocycles. The SMILES string of the molecule is NC(=O)NC(=O)COC(=O)c1ccncc1. The normalized spacial score (nSPS) is 9.25. The van der Waals surface area contributed by atoms with Gasteiger partial charge in [-0.25, -0.2) is 9.59 Å². The highest BCUT2D eigenvalue weighted by Gasteiger charge is 2.10. The second-order valence-corrected chi connectivity index (χ2v) is 2.72. The molecule has 0 saturated heterocycles. The van der Waals surface area contributed by atoms with Gasteiger partial charge in [-0.05, 0) is 12.1 Å². The minimum Gasteiger partial charge on any atom is -0.452 e. The molecule has 0 fully saturated rings. The maximum atomic E-state index is 11.3. The van der Waals surface area contributed by atoms with E-state index in [1.165, 1.54) is 24.5 Å². The number of carbonyl (C=O) groups excluding carboxylic acids is 3. The number of nitrogens with zero attached hydrogens (tertiary/aromatic N) is 1. The van der Waals surface area contributed by atoms with Crippen molar-refractivity contribution >= 4 is 17.9 Å². The number of aromatic nitrogens is 1. The Morgan fingerprint density at radius 3 is 2.50 bits per heavy atom. The van der Waals surface area contributed by atoms with E-state index < -0.39 is 24.5 Å². The van der Waals surface area contributed by atoms with Gasteiger partial charge >= 0.3 is 12.0 Å². The lowest BCUT2D eigenvalue weighted by Crippen LogP contribution is -2.37. The zero-order valence-electron chi connectivity index (χ0n) is 8.17. The third kappa shape index (κ3) is 3.74. The number of primary amides is 1. The summed E-state index contributed by atoms with van der Waals surface area (Å²) in [5, 5.41) is 1.76. The van der Waals surface area contributed by atoms with Crippen LogP contribution in [0.2, 0.25) is 0 Å². The molecule has 3 amide bonds. The summed E-state index contributed by atoms with van der Waals surface area (Å²) in [5.74, 6) is -1.46. The van der Waals surface area contributed by atoms with Gasteiger partial charge in [-0.15, -0.1) is 0 Å². The number of ether oxygens (including phenoxy) is 1. The standard InChI is InChI=1S/C9H9N3O4/c10-9(15)12-7(13)5-16-8(14)6-1-3-11-4-2-6/h1-4H,5H2,(H3,10,12,13,15). The molecule has 7 nitrogen and oxygen atoms in total. The van der Waals surface area contributed by atoms with Crippen molar-refractivity contribution in [1.82, 2.24) is 10.3 Å². The van der Waals surface area contributed by atoms with E-state index in [0.29, 0.717) is 0 Å². The first-order chi connectivity index (χ1) is 7.59. The topological polar surface area (TPSA) is 111 Å². The molecule has 1 aromatic heterocycles. The monoisotopic (exact) mass is 223 g/mol. The predicted octanol–water partition coefficient (Wildman–Crippen LogP) is -0.567. The number of amides is 3. The van der Waals surface area contributed by atoms with Crippen LogP contribution in [0.25, 0.3) is 0 Å². The first-order valence-corrected chi connectivity index (χ1v) is 4.26. The highest BCUT2D eigenvalue weighted by atomic mass is 16.5. The third-order valence-corrected chi connectivity index (χ3v) is 1.51. The van der Waals surface area contributed by atoms with Gasteiger partial charge in [0.25, 0.3) is 5.91 Å². The second kappa shape index (κ2) is 5.44. The van der Waals surface area contributed by atoms with Crippen molar-refractivity contribution in [3.8, 4) is 0 Å². The number of nitrogens with one attached hydrogen (secondary N) is 1. The Labute approximate surface area is 90.6 Å². The molecule has 7 heteroatoms.